The second-order valence-corrected chi connectivity index (χ2v) is 10.6. The number of aryl methyl sites for hydroxylation is 3. The average Bonchev–Trinajstić information content (AvgIpc) is 3.49. The summed E-state index contributed by atoms with van der Waals surface area (Å²) in [6, 6.07) is 9.75. The number of pyridine rings is 1. The van der Waals surface area contributed by atoms with Crippen molar-refractivity contribution in [1.29, 1.82) is 0 Å². The summed E-state index contributed by atoms with van der Waals surface area (Å²) >= 11 is 0. The Balaban J connectivity index is 1.86. The van der Waals surface area contributed by atoms with Gasteiger partial charge in [0, 0.05) is 52.1 Å². The number of benzene rings is 1. The van der Waals surface area contributed by atoms with Crippen LogP contribution in [0.1, 0.15) is 55.0 Å². The van der Waals surface area contributed by atoms with Crippen molar-refractivity contribution in [2.45, 2.75) is 59.8 Å². The number of aromatic nitrogens is 4. The van der Waals surface area contributed by atoms with Crippen molar-refractivity contribution in [1.82, 2.24) is 19.3 Å². The molecular formula is C29H32N4O4. The molecule has 4 heterocycles. The summed E-state index contributed by atoms with van der Waals surface area (Å²) in [6.07, 6.45) is 2.61. The van der Waals surface area contributed by atoms with E-state index in [1.807, 2.05) is 84.4 Å². The lowest BCUT2D eigenvalue weighted by atomic mass is 9.94. The van der Waals surface area contributed by atoms with Crippen LogP contribution in [0.15, 0.2) is 47.1 Å². The van der Waals surface area contributed by atoms with Crippen LogP contribution in [0.25, 0.3) is 33.3 Å². The Bertz CT molecular complexity index is 1620. The molecule has 1 aromatic carbocycles. The average molecular weight is 501 g/mol. The maximum absolute atomic E-state index is 12.6. The topological polar surface area (TPSA) is 95.3 Å². The molecule has 37 heavy (non-hydrogen) atoms. The van der Waals surface area contributed by atoms with Gasteiger partial charge in [0.2, 0.25) is 0 Å². The van der Waals surface area contributed by atoms with Crippen LogP contribution in [-0.2, 0) is 23.1 Å². The molecule has 1 N–H and O–H groups in total. The van der Waals surface area contributed by atoms with E-state index >= 15 is 0 Å². The van der Waals surface area contributed by atoms with Gasteiger partial charge in [0.05, 0.1) is 18.3 Å². The normalized spacial score (nSPS) is 13.1. The Labute approximate surface area is 215 Å². The largest absolute Gasteiger partial charge is 0.479 e. The third kappa shape index (κ3) is 4.42. The summed E-state index contributed by atoms with van der Waals surface area (Å²) < 4.78 is 16.4. The number of carboxylic acid groups (broad SMARTS) is 1. The van der Waals surface area contributed by atoms with Gasteiger partial charge in [-0.2, -0.15) is 5.10 Å². The highest BCUT2D eigenvalue weighted by atomic mass is 16.5. The van der Waals surface area contributed by atoms with Crippen LogP contribution >= 0.6 is 0 Å². The van der Waals surface area contributed by atoms with E-state index in [-0.39, 0.29) is 0 Å². The van der Waals surface area contributed by atoms with Gasteiger partial charge in [0.1, 0.15) is 17.0 Å². The summed E-state index contributed by atoms with van der Waals surface area (Å²) in [6.45, 7) is 12.1. The number of rotatable bonds is 6. The molecule has 192 valence electrons. The van der Waals surface area contributed by atoms with Gasteiger partial charge in [-0.15, -0.1) is 0 Å². The maximum Gasteiger partial charge on any atom is 0.337 e. The third-order valence-electron chi connectivity index (χ3n) is 6.71. The lowest BCUT2D eigenvalue weighted by Crippen LogP contribution is -2.28. The number of nitrogens with zero attached hydrogens (tertiary/aromatic N) is 4. The molecule has 5 rings (SSSR count). The SMILES string of the molecule is Cc1nc2c(c(C)c(C)n2Cc2cnn(C)c2)c(-c2cc3ccccc3o2)c1[C@H](OC(C)(C)C)C(=O)O. The first kappa shape index (κ1) is 24.8. The van der Waals surface area contributed by atoms with E-state index in [4.69, 9.17) is 14.1 Å². The Morgan fingerprint density at radius 2 is 1.92 bits per heavy atom. The van der Waals surface area contributed by atoms with Gasteiger partial charge in [0.15, 0.2) is 6.10 Å². The highest BCUT2D eigenvalue weighted by Crippen LogP contribution is 2.43. The minimum atomic E-state index is -1.22. The van der Waals surface area contributed by atoms with E-state index in [1.54, 1.807) is 4.68 Å². The number of hydrogen-bond donors (Lipinski definition) is 1. The molecule has 0 spiro atoms. The van der Waals surface area contributed by atoms with Crippen LogP contribution in [0.4, 0.5) is 0 Å². The zero-order chi connectivity index (χ0) is 26.6. The van der Waals surface area contributed by atoms with Crippen LogP contribution in [0, 0.1) is 20.8 Å². The molecule has 8 heteroatoms. The molecule has 0 radical (unpaired) electrons. The van der Waals surface area contributed by atoms with Crippen molar-refractivity contribution in [3.8, 4) is 11.3 Å². The monoisotopic (exact) mass is 500 g/mol. The van der Waals surface area contributed by atoms with Crippen LogP contribution in [0.2, 0.25) is 0 Å². The van der Waals surface area contributed by atoms with Gasteiger partial charge in [-0.1, -0.05) is 18.2 Å². The van der Waals surface area contributed by atoms with Gasteiger partial charge in [-0.25, -0.2) is 9.78 Å². The first-order chi connectivity index (χ1) is 17.4. The van der Waals surface area contributed by atoms with E-state index in [0.29, 0.717) is 29.1 Å². The minimum absolute atomic E-state index is 0.510. The van der Waals surface area contributed by atoms with E-state index in [0.717, 1.165) is 38.8 Å². The molecule has 0 bridgehead atoms. The molecule has 5 aromatic rings. The van der Waals surface area contributed by atoms with Crippen LogP contribution in [-0.4, -0.2) is 36.0 Å². The number of aliphatic carboxylic acids is 1. The number of hydrogen-bond acceptors (Lipinski definition) is 5. The predicted octanol–water partition coefficient (Wildman–Crippen LogP) is 6.10. The zero-order valence-corrected chi connectivity index (χ0v) is 22.3. The van der Waals surface area contributed by atoms with Crippen LogP contribution in [0.5, 0.6) is 0 Å². The van der Waals surface area contributed by atoms with Crippen molar-refractivity contribution in [3.05, 3.63) is 70.8 Å². The van der Waals surface area contributed by atoms with Gasteiger partial charge in [-0.05, 0) is 59.2 Å². The highest BCUT2D eigenvalue weighted by Gasteiger charge is 2.34. The number of fused-ring (bicyclic) bond motifs is 2. The number of carboxylic acids is 1. The van der Waals surface area contributed by atoms with E-state index < -0.39 is 17.7 Å². The first-order valence-electron chi connectivity index (χ1n) is 12.3. The number of furan rings is 1. The molecule has 0 aliphatic carbocycles. The Morgan fingerprint density at radius 1 is 1.19 bits per heavy atom. The molecule has 0 fully saturated rings. The van der Waals surface area contributed by atoms with Crippen molar-refractivity contribution >= 4 is 28.0 Å². The standard InChI is InChI=1S/C29H32N4O4/c1-16-18(3)33(15-19-13-30-32(7)14-19)27-23(16)25(22-12-20-10-8-9-11-21(20)36-22)24(17(2)31-27)26(28(34)35)37-29(4,5)6/h8-14,26H,15H2,1-7H3,(H,34,35)/t26-/m0/s1. The zero-order valence-electron chi connectivity index (χ0n) is 22.3. The molecule has 0 amide bonds. The predicted molar refractivity (Wildman–Crippen MR) is 143 cm³/mol. The molecule has 4 aromatic heterocycles. The van der Waals surface area contributed by atoms with Crippen LogP contribution < -0.4 is 0 Å². The van der Waals surface area contributed by atoms with Crippen molar-refractivity contribution in [3.63, 3.8) is 0 Å². The second-order valence-electron chi connectivity index (χ2n) is 10.6. The Kier molecular flexibility index (Phi) is 5.95. The highest BCUT2D eigenvalue weighted by molar-refractivity contribution is 6.01. The minimum Gasteiger partial charge on any atom is -0.479 e. The fraction of sp³-hybridized carbons (Fsp3) is 0.345. The second kappa shape index (κ2) is 8.88. The third-order valence-corrected chi connectivity index (χ3v) is 6.71. The summed E-state index contributed by atoms with van der Waals surface area (Å²) in [5.41, 5.74) is 5.74. The van der Waals surface area contributed by atoms with Crippen molar-refractivity contribution < 1.29 is 19.1 Å². The summed E-state index contributed by atoms with van der Waals surface area (Å²) in [5, 5.41) is 16.4. The smallest absolute Gasteiger partial charge is 0.337 e. The van der Waals surface area contributed by atoms with Gasteiger partial charge in [0.25, 0.3) is 0 Å². The van der Waals surface area contributed by atoms with Gasteiger partial charge >= 0.3 is 5.97 Å². The first-order valence-corrected chi connectivity index (χ1v) is 12.3. The van der Waals surface area contributed by atoms with Gasteiger partial charge < -0.3 is 18.8 Å². The summed E-state index contributed by atoms with van der Waals surface area (Å²) in [7, 11) is 1.89. The number of ether oxygens (including phenoxy) is 1. The molecule has 0 unspecified atom stereocenters. The lowest BCUT2D eigenvalue weighted by Gasteiger charge is -2.27. The molecule has 8 nitrogen and oxygen atoms in total. The van der Waals surface area contributed by atoms with Crippen molar-refractivity contribution in [2.75, 3.05) is 0 Å². The van der Waals surface area contributed by atoms with Gasteiger partial charge in [-0.3, -0.25) is 4.68 Å². The van der Waals surface area contributed by atoms with E-state index in [2.05, 4.69) is 16.6 Å². The van der Waals surface area contributed by atoms with E-state index in [1.165, 1.54) is 0 Å². The van der Waals surface area contributed by atoms with Crippen molar-refractivity contribution in [2.24, 2.45) is 7.05 Å². The Morgan fingerprint density at radius 3 is 2.54 bits per heavy atom. The molecule has 0 aliphatic heterocycles. The fourth-order valence-corrected chi connectivity index (χ4v) is 4.99. The van der Waals surface area contributed by atoms with E-state index in [9.17, 15) is 9.90 Å². The number of para-hydroxylation sites is 1. The summed E-state index contributed by atoms with van der Waals surface area (Å²) in [4.78, 5) is 17.6. The molecular weight excluding hydrogens is 468 g/mol. The number of carbonyl (C=O) groups is 1. The fourth-order valence-electron chi connectivity index (χ4n) is 4.99. The molecule has 0 saturated heterocycles. The quantitative estimate of drug-likeness (QED) is 0.303. The molecule has 0 aliphatic rings. The molecule has 0 saturated carbocycles. The molecule has 1 atom stereocenters. The maximum atomic E-state index is 12.6. The Hall–Kier alpha value is -3.91. The lowest BCUT2D eigenvalue weighted by molar-refractivity contribution is -0.160. The van der Waals surface area contributed by atoms with Crippen LogP contribution in [0.3, 0.4) is 0 Å². The summed E-state index contributed by atoms with van der Waals surface area (Å²) in [5.74, 6) is -0.474.